The average molecular weight is 470 g/mol. The molecule has 0 N–H and O–H groups in total. The van der Waals surface area contributed by atoms with Gasteiger partial charge in [0.2, 0.25) is 0 Å². The predicted octanol–water partition coefficient (Wildman–Crippen LogP) is 6.94. The van der Waals surface area contributed by atoms with Crippen LogP contribution in [0.2, 0.25) is 0 Å². The van der Waals surface area contributed by atoms with Gasteiger partial charge in [-0.15, -0.1) is 11.8 Å². The maximum Gasteiger partial charge on any atom is 0.259 e. The third kappa shape index (κ3) is 4.95. The van der Waals surface area contributed by atoms with Gasteiger partial charge in [-0.2, -0.15) is 0 Å². The van der Waals surface area contributed by atoms with Crippen molar-refractivity contribution in [2.75, 3.05) is 25.4 Å². The zero-order valence-corrected chi connectivity index (χ0v) is 20.3. The molecule has 0 saturated heterocycles. The molecule has 0 saturated carbocycles. The standard InChI is InChI=1S/C29H27NO3S/c1-32-26-18-17-23(19-27(26)33-2)30(29(31)25-15-9-10-16-28(25)34-3)20-22-13-7-8-14-24(22)21-11-5-4-6-12-21/h4-19H,20H2,1-3H3. The lowest BCUT2D eigenvalue weighted by molar-refractivity contribution is 0.0982. The normalized spacial score (nSPS) is 10.6. The quantitative estimate of drug-likeness (QED) is 0.262. The van der Waals surface area contributed by atoms with Crippen LogP contribution in [-0.4, -0.2) is 26.4 Å². The summed E-state index contributed by atoms with van der Waals surface area (Å²) in [4.78, 5) is 16.7. The van der Waals surface area contributed by atoms with E-state index < -0.39 is 0 Å². The highest BCUT2D eigenvalue weighted by molar-refractivity contribution is 7.98. The lowest BCUT2D eigenvalue weighted by atomic mass is 9.99. The fourth-order valence-corrected chi connectivity index (χ4v) is 4.56. The number of ether oxygens (including phenoxy) is 2. The van der Waals surface area contributed by atoms with E-state index in [1.165, 1.54) is 0 Å². The molecule has 34 heavy (non-hydrogen) atoms. The minimum Gasteiger partial charge on any atom is -0.493 e. The van der Waals surface area contributed by atoms with E-state index in [0.29, 0.717) is 23.6 Å². The number of carbonyl (C=O) groups is 1. The highest BCUT2D eigenvalue weighted by atomic mass is 32.2. The molecule has 0 aliphatic rings. The van der Waals surface area contributed by atoms with E-state index in [0.717, 1.165) is 27.3 Å². The second-order valence-electron chi connectivity index (χ2n) is 7.65. The Bertz CT molecular complexity index is 1270. The van der Waals surface area contributed by atoms with E-state index in [-0.39, 0.29) is 5.91 Å². The van der Waals surface area contributed by atoms with Crippen molar-refractivity contribution in [3.63, 3.8) is 0 Å². The fourth-order valence-electron chi connectivity index (χ4n) is 3.97. The summed E-state index contributed by atoms with van der Waals surface area (Å²) >= 11 is 1.56. The van der Waals surface area contributed by atoms with E-state index in [4.69, 9.17) is 9.47 Å². The Balaban J connectivity index is 1.82. The number of thioether (sulfide) groups is 1. The Morgan fingerprint density at radius 3 is 2.21 bits per heavy atom. The summed E-state index contributed by atoms with van der Waals surface area (Å²) < 4.78 is 10.9. The molecular weight excluding hydrogens is 442 g/mol. The molecule has 0 unspecified atom stereocenters. The first-order chi connectivity index (χ1) is 16.7. The van der Waals surface area contributed by atoms with Gasteiger partial charge in [-0.05, 0) is 47.2 Å². The number of anilines is 1. The van der Waals surface area contributed by atoms with Gasteiger partial charge in [0.15, 0.2) is 11.5 Å². The number of methoxy groups -OCH3 is 2. The minimum absolute atomic E-state index is 0.0694. The molecule has 0 fully saturated rings. The van der Waals surface area contributed by atoms with Gasteiger partial charge < -0.3 is 14.4 Å². The molecular formula is C29H27NO3S. The molecule has 0 radical (unpaired) electrons. The van der Waals surface area contributed by atoms with Crippen molar-refractivity contribution in [3.05, 3.63) is 108 Å². The zero-order valence-electron chi connectivity index (χ0n) is 19.5. The molecule has 1 amide bonds. The van der Waals surface area contributed by atoms with Crippen LogP contribution in [0.25, 0.3) is 11.1 Å². The average Bonchev–Trinajstić information content (AvgIpc) is 2.91. The second-order valence-corrected chi connectivity index (χ2v) is 8.50. The molecule has 0 aliphatic carbocycles. The van der Waals surface area contributed by atoms with Crippen LogP contribution in [0.5, 0.6) is 11.5 Å². The monoisotopic (exact) mass is 469 g/mol. The maximum absolute atomic E-state index is 14.0. The molecule has 4 aromatic rings. The van der Waals surface area contributed by atoms with E-state index in [2.05, 4.69) is 24.3 Å². The first-order valence-electron chi connectivity index (χ1n) is 11.0. The Labute approximate surface area is 205 Å². The maximum atomic E-state index is 14.0. The van der Waals surface area contributed by atoms with Crippen molar-refractivity contribution >= 4 is 23.4 Å². The summed E-state index contributed by atoms with van der Waals surface area (Å²) in [7, 11) is 3.20. The Hall–Kier alpha value is -3.70. The third-order valence-corrected chi connectivity index (χ3v) is 6.49. The van der Waals surface area contributed by atoms with Gasteiger partial charge in [0.05, 0.1) is 26.3 Å². The van der Waals surface area contributed by atoms with Gasteiger partial charge in [-0.3, -0.25) is 4.79 Å². The predicted molar refractivity (Wildman–Crippen MR) is 140 cm³/mol. The molecule has 4 nitrogen and oxygen atoms in total. The Morgan fingerprint density at radius 1 is 0.794 bits per heavy atom. The molecule has 5 heteroatoms. The number of hydrogen-bond acceptors (Lipinski definition) is 4. The SMILES string of the molecule is COc1ccc(N(Cc2ccccc2-c2ccccc2)C(=O)c2ccccc2SC)cc1OC. The topological polar surface area (TPSA) is 38.8 Å². The van der Waals surface area contributed by atoms with E-state index in [1.807, 2.05) is 79.1 Å². The van der Waals surface area contributed by atoms with Crippen LogP contribution in [0, 0.1) is 0 Å². The van der Waals surface area contributed by atoms with Crippen LogP contribution < -0.4 is 14.4 Å². The van der Waals surface area contributed by atoms with Crippen molar-refractivity contribution in [3.8, 4) is 22.6 Å². The van der Waals surface area contributed by atoms with Gasteiger partial charge in [0, 0.05) is 16.6 Å². The zero-order chi connectivity index (χ0) is 23.9. The highest BCUT2D eigenvalue weighted by Crippen LogP contribution is 2.35. The van der Waals surface area contributed by atoms with Gasteiger partial charge in [0.1, 0.15) is 0 Å². The van der Waals surface area contributed by atoms with E-state index >= 15 is 0 Å². The van der Waals surface area contributed by atoms with Crippen LogP contribution in [0.4, 0.5) is 5.69 Å². The van der Waals surface area contributed by atoms with E-state index in [1.54, 1.807) is 30.9 Å². The summed E-state index contributed by atoms with van der Waals surface area (Å²) in [6, 6.07) is 31.7. The van der Waals surface area contributed by atoms with Crippen molar-refractivity contribution in [1.82, 2.24) is 0 Å². The van der Waals surface area contributed by atoms with Crippen molar-refractivity contribution in [2.24, 2.45) is 0 Å². The summed E-state index contributed by atoms with van der Waals surface area (Å²) in [5.41, 5.74) is 4.67. The number of hydrogen-bond donors (Lipinski definition) is 0. The fraction of sp³-hybridized carbons (Fsp3) is 0.138. The summed E-state index contributed by atoms with van der Waals surface area (Å²) in [6.45, 7) is 0.405. The van der Waals surface area contributed by atoms with Gasteiger partial charge in [0.25, 0.3) is 5.91 Å². The van der Waals surface area contributed by atoms with E-state index in [9.17, 15) is 4.79 Å². The molecule has 0 aromatic heterocycles. The number of rotatable bonds is 8. The van der Waals surface area contributed by atoms with Gasteiger partial charge in [-0.1, -0.05) is 66.7 Å². The minimum atomic E-state index is -0.0694. The summed E-state index contributed by atoms with van der Waals surface area (Å²) in [6.07, 6.45) is 1.98. The summed E-state index contributed by atoms with van der Waals surface area (Å²) in [5, 5.41) is 0. The molecule has 4 aromatic carbocycles. The molecule has 0 atom stereocenters. The van der Waals surface area contributed by atoms with Gasteiger partial charge in [-0.25, -0.2) is 0 Å². The Morgan fingerprint density at radius 2 is 1.47 bits per heavy atom. The van der Waals surface area contributed by atoms with Crippen LogP contribution in [-0.2, 0) is 6.54 Å². The third-order valence-electron chi connectivity index (χ3n) is 5.69. The van der Waals surface area contributed by atoms with Crippen LogP contribution in [0.3, 0.4) is 0 Å². The van der Waals surface area contributed by atoms with Crippen molar-refractivity contribution < 1.29 is 14.3 Å². The highest BCUT2D eigenvalue weighted by Gasteiger charge is 2.23. The van der Waals surface area contributed by atoms with Crippen LogP contribution in [0.15, 0.2) is 102 Å². The van der Waals surface area contributed by atoms with Crippen molar-refractivity contribution in [1.29, 1.82) is 0 Å². The second kappa shape index (κ2) is 10.9. The molecule has 0 heterocycles. The number of amides is 1. The first-order valence-corrected chi connectivity index (χ1v) is 12.2. The smallest absolute Gasteiger partial charge is 0.259 e. The lowest BCUT2D eigenvalue weighted by Crippen LogP contribution is -2.31. The van der Waals surface area contributed by atoms with Crippen LogP contribution >= 0.6 is 11.8 Å². The van der Waals surface area contributed by atoms with Crippen LogP contribution in [0.1, 0.15) is 15.9 Å². The summed E-state index contributed by atoms with van der Waals surface area (Å²) in [5.74, 6) is 1.13. The van der Waals surface area contributed by atoms with Crippen molar-refractivity contribution in [2.45, 2.75) is 11.4 Å². The lowest BCUT2D eigenvalue weighted by Gasteiger charge is -2.26. The first kappa shape index (κ1) is 23.5. The molecule has 0 bridgehead atoms. The molecule has 0 spiro atoms. The molecule has 0 aliphatic heterocycles. The number of carbonyl (C=O) groups excluding carboxylic acids is 1. The largest absolute Gasteiger partial charge is 0.493 e. The molecule has 172 valence electrons. The number of nitrogens with zero attached hydrogens (tertiary/aromatic N) is 1. The van der Waals surface area contributed by atoms with Gasteiger partial charge >= 0.3 is 0 Å². The Kier molecular flexibility index (Phi) is 7.55. The number of benzene rings is 4. The molecule has 4 rings (SSSR count).